The Morgan fingerprint density at radius 3 is 2.59 bits per heavy atom. The van der Waals surface area contributed by atoms with Crippen molar-refractivity contribution in [3.8, 4) is 5.75 Å². The maximum Gasteiger partial charge on any atom is 0.387 e. The minimum absolute atomic E-state index is 0.0867. The van der Waals surface area contributed by atoms with Crippen LogP contribution in [0.5, 0.6) is 5.75 Å². The van der Waals surface area contributed by atoms with Crippen molar-refractivity contribution in [1.82, 2.24) is 9.97 Å². The summed E-state index contributed by atoms with van der Waals surface area (Å²) in [5.41, 5.74) is 2.53. The number of carbonyl (C=O) groups excluding carboxylic acids is 1. The number of ether oxygens (including phenoxy) is 1. The first-order valence-corrected chi connectivity index (χ1v) is 8.93. The van der Waals surface area contributed by atoms with E-state index in [9.17, 15) is 13.6 Å². The fraction of sp³-hybridized carbons (Fsp3) is 0.0909. The monoisotopic (exact) mass is 393 g/mol. The molecule has 2 heterocycles. The lowest BCUT2D eigenvalue weighted by atomic mass is 9.97. The van der Waals surface area contributed by atoms with Gasteiger partial charge in [-0.3, -0.25) is 9.78 Å². The molecule has 0 radical (unpaired) electrons. The number of carbonyl (C=O) groups is 1. The molecule has 0 bridgehead atoms. The highest BCUT2D eigenvalue weighted by Gasteiger charge is 2.24. The van der Waals surface area contributed by atoms with Crippen LogP contribution in [-0.4, -0.2) is 22.4 Å². The molecule has 0 fully saturated rings. The molecule has 7 heteroatoms. The van der Waals surface area contributed by atoms with Gasteiger partial charge >= 0.3 is 6.61 Å². The summed E-state index contributed by atoms with van der Waals surface area (Å²) < 4.78 is 29.4. The van der Waals surface area contributed by atoms with E-state index in [0.29, 0.717) is 11.3 Å². The second-order valence-corrected chi connectivity index (χ2v) is 6.39. The number of Topliss-reactive ketones (excluding diaryl/α,β-unsaturated/α-hetero) is 1. The van der Waals surface area contributed by atoms with E-state index in [-0.39, 0.29) is 11.5 Å². The van der Waals surface area contributed by atoms with Crippen LogP contribution in [0.4, 0.5) is 14.5 Å². The van der Waals surface area contributed by atoms with Gasteiger partial charge in [-0.2, -0.15) is 8.78 Å². The lowest BCUT2D eigenvalue weighted by Crippen LogP contribution is -2.21. The Kier molecular flexibility index (Phi) is 5.20. The number of nitrogens with zero attached hydrogens (tertiary/aromatic N) is 1. The largest absolute Gasteiger partial charge is 0.433 e. The zero-order chi connectivity index (χ0) is 20.2. The average molecular weight is 393 g/mol. The molecular weight excluding hydrogens is 376 g/mol. The fourth-order valence-corrected chi connectivity index (χ4v) is 3.21. The van der Waals surface area contributed by atoms with E-state index in [4.69, 9.17) is 0 Å². The Bertz CT molecular complexity index is 1130. The molecule has 1 atom stereocenters. The van der Waals surface area contributed by atoms with Gasteiger partial charge in [-0.05, 0) is 11.6 Å². The second-order valence-electron chi connectivity index (χ2n) is 6.39. The van der Waals surface area contributed by atoms with Crippen molar-refractivity contribution in [2.24, 2.45) is 0 Å². The Hall–Kier alpha value is -3.74. The maximum atomic E-state index is 13.4. The Morgan fingerprint density at radius 1 is 1.03 bits per heavy atom. The van der Waals surface area contributed by atoms with Crippen LogP contribution < -0.4 is 10.1 Å². The summed E-state index contributed by atoms with van der Waals surface area (Å²) >= 11 is 0. The number of rotatable bonds is 7. The standard InChI is InChI=1S/C22H17F2N3O2/c23-22(24)29-16-10-15(11-25-12-16)27-20(14-6-2-1-3-7-14)21(28)18-13-26-19-9-5-4-8-17(18)19/h1-13,20,22,26-27H. The second kappa shape index (κ2) is 8.10. The molecule has 4 rings (SSSR count). The normalized spacial score (nSPS) is 12.1. The quantitative estimate of drug-likeness (QED) is 0.424. The predicted octanol–water partition coefficient (Wildman–Crippen LogP) is 5.20. The van der Waals surface area contributed by atoms with E-state index in [2.05, 4.69) is 20.0 Å². The first kappa shape index (κ1) is 18.6. The average Bonchev–Trinajstić information content (AvgIpc) is 3.16. The Morgan fingerprint density at radius 2 is 1.79 bits per heavy atom. The third-order valence-electron chi connectivity index (χ3n) is 4.50. The van der Waals surface area contributed by atoms with Crippen molar-refractivity contribution in [3.63, 3.8) is 0 Å². The van der Waals surface area contributed by atoms with Crippen LogP contribution in [0, 0.1) is 0 Å². The van der Waals surface area contributed by atoms with Gasteiger partial charge in [0.15, 0.2) is 5.78 Å². The van der Waals surface area contributed by atoms with Gasteiger partial charge in [0.25, 0.3) is 0 Å². The van der Waals surface area contributed by atoms with Gasteiger partial charge in [0.05, 0.1) is 18.1 Å². The zero-order valence-corrected chi connectivity index (χ0v) is 15.2. The molecule has 0 saturated heterocycles. The molecule has 2 aromatic carbocycles. The number of H-pyrrole nitrogens is 1. The van der Waals surface area contributed by atoms with E-state index in [1.807, 2.05) is 54.6 Å². The van der Waals surface area contributed by atoms with E-state index < -0.39 is 12.7 Å². The summed E-state index contributed by atoms with van der Waals surface area (Å²) in [6.07, 6.45) is 4.33. The van der Waals surface area contributed by atoms with Gasteiger partial charge in [0.2, 0.25) is 0 Å². The number of ketones is 1. The number of hydrogen-bond acceptors (Lipinski definition) is 4. The Labute approximate surface area is 165 Å². The molecule has 0 saturated carbocycles. The third-order valence-corrected chi connectivity index (χ3v) is 4.50. The summed E-state index contributed by atoms with van der Waals surface area (Å²) in [7, 11) is 0. The van der Waals surface area contributed by atoms with Crippen LogP contribution in [0.15, 0.2) is 79.3 Å². The van der Waals surface area contributed by atoms with Gasteiger partial charge in [-0.25, -0.2) is 0 Å². The van der Waals surface area contributed by atoms with Gasteiger partial charge in [-0.15, -0.1) is 0 Å². The summed E-state index contributed by atoms with van der Waals surface area (Å²) in [6, 6.07) is 17.4. The first-order valence-electron chi connectivity index (χ1n) is 8.93. The van der Waals surface area contributed by atoms with Crippen molar-refractivity contribution in [2.45, 2.75) is 12.7 Å². The number of fused-ring (bicyclic) bond motifs is 1. The fourth-order valence-electron chi connectivity index (χ4n) is 3.21. The smallest absolute Gasteiger partial charge is 0.387 e. The lowest BCUT2D eigenvalue weighted by molar-refractivity contribution is -0.0500. The number of hydrogen-bond donors (Lipinski definition) is 2. The Balaban J connectivity index is 1.70. The zero-order valence-electron chi connectivity index (χ0n) is 15.2. The van der Waals surface area contributed by atoms with Crippen molar-refractivity contribution in [2.75, 3.05) is 5.32 Å². The van der Waals surface area contributed by atoms with Crippen LogP contribution in [0.25, 0.3) is 10.9 Å². The summed E-state index contributed by atoms with van der Waals surface area (Å²) in [6.45, 7) is -2.95. The van der Waals surface area contributed by atoms with Crippen molar-refractivity contribution in [3.05, 3.63) is 90.4 Å². The number of anilines is 1. The summed E-state index contributed by atoms with van der Waals surface area (Å²) in [4.78, 5) is 20.5. The van der Waals surface area contributed by atoms with Gasteiger partial charge in [0.1, 0.15) is 11.8 Å². The molecule has 5 nitrogen and oxygen atoms in total. The molecule has 146 valence electrons. The van der Waals surface area contributed by atoms with Crippen LogP contribution >= 0.6 is 0 Å². The van der Waals surface area contributed by atoms with Crippen molar-refractivity contribution >= 4 is 22.4 Å². The van der Waals surface area contributed by atoms with E-state index >= 15 is 0 Å². The van der Waals surface area contributed by atoms with E-state index in [0.717, 1.165) is 16.5 Å². The molecule has 4 aromatic rings. The molecule has 0 spiro atoms. The SMILES string of the molecule is O=C(c1c[nH]c2ccccc12)C(Nc1cncc(OC(F)F)c1)c1ccccc1. The highest BCUT2D eigenvalue weighted by Crippen LogP contribution is 2.28. The number of nitrogens with one attached hydrogen (secondary N) is 2. The summed E-state index contributed by atoms with van der Waals surface area (Å²) in [5, 5.41) is 3.92. The minimum Gasteiger partial charge on any atom is -0.433 e. The third kappa shape index (κ3) is 4.08. The predicted molar refractivity (Wildman–Crippen MR) is 106 cm³/mol. The number of benzene rings is 2. The highest BCUT2D eigenvalue weighted by molar-refractivity contribution is 6.11. The first-order chi connectivity index (χ1) is 14.1. The molecule has 29 heavy (non-hydrogen) atoms. The topological polar surface area (TPSA) is 67.0 Å². The molecule has 1 unspecified atom stereocenters. The summed E-state index contributed by atoms with van der Waals surface area (Å²) in [5.74, 6) is -0.245. The van der Waals surface area contributed by atoms with Gasteiger partial charge in [-0.1, -0.05) is 48.5 Å². The number of aromatic nitrogens is 2. The molecular formula is C22H17F2N3O2. The molecule has 0 amide bonds. The van der Waals surface area contributed by atoms with E-state index in [1.165, 1.54) is 18.5 Å². The van der Waals surface area contributed by atoms with Gasteiger partial charge < -0.3 is 15.0 Å². The van der Waals surface area contributed by atoms with Crippen LogP contribution in [0.2, 0.25) is 0 Å². The molecule has 0 aliphatic heterocycles. The minimum atomic E-state index is -2.95. The molecule has 0 aliphatic carbocycles. The number of halogens is 2. The number of pyridine rings is 1. The lowest BCUT2D eigenvalue weighted by Gasteiger charge is -2.19. The molecule has 0 aliphatic rings. The maximum absolute atomic E-state index is 13.4. The molecule has 2 aromatic heterocycles. The number of para-hydroxylation sites is 1. The van der Waals surface area contributed by atoms with Crippen LogP contribution in [0.3, 0.4) is 0 Å². The van der Waals surface area contributed by atoms with E-state index in [1.54, 1.807) is 6.20 Å². The van der Waals surface area contributed by atoms with Gasteiger partial charge in [0, 0.05) is 28.7 Å². The van der Waals surface area contributed by atoms with Crippen molar-refractivity contribution in [1.29, 1.82) is 0 Å². The van der Waals surface area contributed by atoms with Crippen molar-refractivity contribution < 1.29 is 18.3 Å². The molecule has 2 N–H and O–H groups in total. The van der Waals surface area contributed by atoms with Crippen LogP contribution in [-0.2, 0) is 0 Å². The highest BCUT2D eigenvalue weighted by atomic mass is 19.3. The van der Waals surface area contributed by atoms with Crippen LogP contribution in [0.1, 0.15) is 22.0 Å². The number of aromatic amines is 1. The number of alkyl halides is 2.